The number of hydrogen-bond acceptors (Lipinski definition) is 6. The third-order valence-corrected chi connectivity index (χ3v) is 7.38. The summed E-state index contributed by atoms with van der Waals surface area (Å²) >= 11 is 12.3. The van der Waals surface area contributed by atoms with Crippen LogP contribution in [-0.4, -0.2) is 53.4 Å². The number of carbonyl (C=O) groups excluding carboxylic acids is 2. The Morgan fingerprint density at radius 2 is 1.73 bits per heavy atom. The van der Waals surface area contributed by atoms with Crippen LogP contribution in [0.25, 0.3) is 10.9 Å². The number of hydrogen-bond donors (Lipinski definition) is 2. The van der Waals surface area contributed by atoms with Gasteiger partial charge in [-0.25, -0.2) is 4.79 Å². The van der Waals surface area contributed by atoms with Crippen LogP contribution in [0, 0.1) is 0 Å². The lowest BCUT2D eigenvalue weighted by atomic mass is 9.92. The maximum Gasteiger partial charge on any atom is 0.416 e. The van der Waals surface area contributed by atoms with Crippen LogP contribution in [0.3, 0.4) is 0 Å². The number of nitrogens with zero attached hydrogens (tertiary/aromatic N) is 1. The summed E-state index contributed by atoms with van der Waals surface area (Å²) in [5.41, 5.74) is 3.79. The first kappa shape index (κ1) is 27.8. The number of aliphatic hydroxyl groups excluding tert-OH is 1. The van der Waals surface area contributed by atoms with E-state index in [0.29, 0.717) is 34.5 Å². The van der Waals surface area contributed by atoms with Crippen molar-refractivity contribution in [2.75, 3.05) is 20.3 Å². The Morgan fingerprint density at radius 1 is 1.02 bits per heavy atom. The fourth-order valence-electron chi connectivity index (χ4n) is 4.87. The van der Waals surface area contributed by atoms with Crippen molar-refractivity contribution in [1.82, 2.24) is 9.88 Å². The molecule has 2 atom stereocenters. The van der Waals surface area contributed by atoms with Crippen LogP contribution >= 0.6 is 23.2 Å². The van der Waals surface area contributed by atoms with Gasteiger partial charge in [0.1, 0.15) is 24.1 Å². The van der Waals surface area contributed by atoms with E-state index in [9.17, 15) is 14.7 Å². The minimum Gasteiger partial charge on any atom is -0.491 e. The third kappa shape index (κ3) is 6.20. The monoisotopic (exact) mass is 582 g/mol. The highest BCUT2D eigenvalue weighted by molar-refractivity contribution is 6.31. The Labute approximate surface area is 241 Å². The summed E-state index contributed by atoms with van der Waals surface area (Å²) in [6.07, 6.45) is -0.307. The number of fused-ring (bicyclic) bond motifs is 3. The van der Waals surface area contributed by atoms with Gasteiger partial charge in [-0.1, -0.05) is 35.3 Å². The number of ether oxygens (including phenoxy) is 3. The van der Waals surface area contributed by atoms with E-state index in [4.69, 9.17) is 32.7 Å². The van der Waals surface area contributed by atoms with Crippen molar-refractivity contribution in [3.8, 4) is 11.5 Å². The van der Waals surface area contributed by atoms with Crippen molar-refractivity contribution in [3.05, 3.63) is 93.6 Å². The summed E-state index contributed by atoms with van der Waals surface area (Å²) < 4.78 is 16.0. The number of H-pyrrole nitrogens is 1. The van der Waals surface area contributed by atoms with Gasteiger partial charge < -0.3 is 24.3 Å². The zero-order valence-electron chi connectivity index (χ0n) is 21.7. The highest BCUT2D eigenvalue weighted by atomic mass is 35.5. The molecule has 0 saturated carbocycles. The largest absolute Gasteiger partial charge is 0.491 e. The molecule has 3 aromatic carbocycles. The Balaban J connectivity index is 1.40. The standard InChI is InChI=1S/C30H28Cl2N2O6/c1-38-27(36)13-7-21(35)17-39-22-8-2-18(3-9-22)29-28-24(25-16-20(32)6-12-26(25)33-28)14-15-34(29)30(37)40-23-10-4-19(31)5-11-23/h2-6,8-12,16,21,29,33,35H,7,13-15,17H2,1H3. The number of amides is 1. The van der Waals surface area contributed by atoms with E-state index in [1.165, 1.54) is 7.11 Å². The molecule has 2 unspecified atom stereocenters. The average molecular weight is 583 g/mol. The zero-order valence-corrected chi connectivity index (χ0v) is 23.2. The lowest BCUT2D eigenvalue weighted by Crippen LogP contribution is -2.42. The molecular formula is C30H28Cl2N2O6. The molecule has 1 aliphatic rings. The predicted octanol–water partition coefficient (Wildman–Crippen LogP) is 6.31. The molecule has 0 radical (unpaired) electrons. The smallest absolute Gasteiger partial charge is 0.416 e. The molecule has 1 aromatic heterocycles. The second kappa shape index (κ2) is 12.2. The van der Waals surface area contributed by atoms with Gasteiger partial charge in [0, 0.05) is 39.6 Å². The van der Waals surface area contributed by atoms with Crippen molar-refractivity contribution >= 4 is 46.2 Å². The molecule has 8 nitrogen and oxygen atoms in total. The second-order valence-corrected chi connectivity index (χ2v) is 10.4. The Morgan fingerprint density at radius 3 is 2.45 bits per heavy atom. The zero-order chi connectivity index (χ0) is 28.2. The van der Waals surface area contributed by atoms with Crippen molar-refractivity contribution in [3.63, 3.8) is 0 Å². The van der Waals surface area contributed by atoms with Crippen molar-refractivity contribution < 1.29 is 28.9 Å². The van der Waals surface area contributed by atoms with Gasteiger partial charge >= 0.3 is 12.1 Å². The minimum absolute atomic E-state index is 0.0340. The first-order valence-electron chi connectivity index (χ1n) is 12.8. The van der Waals surface area contributed by atoms with E-state index < -0.39 is 18.2 Å². The quantitative estimate of drug-likeness (QED) is 0.236. The Kier molecular flexibility index (Phi) is 8.49. The fraction of sp³-hybridized carbons (Fsp3) is 0.267. The van der Waals surface area contributed by atoms with E-state index in [0.717, 1.165) is 27.7 Å². The van der Waals surface area contributed by atoms with Gasteiger partial charge in [0.2, 0.25) is 0 Å². The van der Waals surface area contributed by atoms with Gasteiger partial charge in [-0.15, -0.1) is 0 Å². The highest BCUT2D eigenvalue weighted by Crippen LogP contribution is 2.40. The van der Waals surface area contributed by atoms with Gasteiger partial charge in [-0.2, -0.15) is 0 Å². The van der Waals surface area contributed by atoms with Crippen LogP contribution < -0.4 is 9.47 Å². The van der Waals surface area contributed by atoms with Gasteiger partial charge in [0.05, 0.1) is 13.2 Å². The molecule has 1 aliphatic heterocycles. The molecular weight excluding hydrogens is 555 g/mol. The lowest BCUT2D eigenvalue weighted by Gasteiger charge is -2.35. The van der Waals surface area contributed by atoms with Gasteiger partial charge in [-0.3, -0.25) is 9.69 Å². The number of aliphatic hydroxyl groups is 1. The molecule has 0 saturated heterocycles. The first-order valence-corrected chi connectivity index (χ1v) is 13.6. The first-order chi connectivity index (χ1) is 19.3. The minimum atomic E-state index is -0.809. The van der Waals surface area contributed by atoms with Crippen LogP contribution in [0.15, 0.2) is 66.7 Å². The molecule has 4 aromatic rings. The molecule has 208 valence electrons. The summed E-state index contributed by atoms with van der Waals surface area (Å²) in [5, 5.41) is 12.4. The summed E-state index contributed by atoms with van der Waals surface area (Å²) in [4.78, 5) is 29.9. The number of halogens is 2. The molecule has 2 N–H and O–H groups in total. The molecule has 40 heavy (non-hydrogen) atoms. The van der Waals surface area contributed by atoms with Gasteiger partial charge in [-0.05, 0) is 78.6 Å². The van der Waals surface area contributed by atoms with E-state index in [1.807, 2.05) is 30.3 Å². The average Bonchev–Trinajstić information content (AvgIpc) is 3.33. The summed E-state index contributed by atoms with van der Waals surface area (Å²) in [6.45, 7) is 0.473. The molecule has 0 bridgehead atoms. The van der Waals surface area contributed by atoms with Gasteiger partial charge in [0.15, 0.2) is 0 Å². The number of methoxy groups -OCH3 is 1. The normalized spacial score (nSPS) is 15.4. The van der Waals surface area contributed by atoms with E-state index in [-0.39, 0.29) is 25.4 Å². The molecule has 0 fully saturated rings. The maximum atomic E-state index is 13.4. The highest BCUT2D eigenvalue weighted by Gasteiger charge is 2.35. The van der Waals surface area contributed by atoms with Crippen LogP contribution in [0.5, 0.6) is 11.5 Å². The number of aromatic nitrogens is 1. The van der Waals surface area contributed by atoms with Crippen molar-refractivity contribution in [2.24, 2.45) is 0 Å². The number of nitrogens with one attached hydrogen (secondary N) is 1. The number of rotatable bonds is 8. The Bertz CT molecular complexity index is 1500. The molecule has 10 heteroatoms. The SMILES string of the molecule is COC(=O)CCC(O)COc1ccc(C2c3[nH]c4ccc(Cl)cc4c3CCN2C(=O)Oc2ccc(Cl)cc2)cc1. The van der Waals surface area contributed by atoms with E-state index in [1.54, 1.807) is 41.3 Å². The van der Waals surface area contributed by atoms with Crippen molar-refractivity contribution in [2.45, 2.75) is 31.4 Å². The van der Waals surface area contributed by atoms with Crippen LogP contribution in [0.1, 0.15) is 35.7 Å². The van der Waals surface area contributed by atoms with Crippen LogP contribution in [0.2, 0.25) is 10.0 Å². The lowest BCUT2D eigenvalue weighted by molar-refractivity contribution is -0.141. The topological polar surface area (TPSA) is 101 Å². The fourth-order valence-corrected chi connectivity index (χ4v) is 5.17. The molecule has 5 rings (SSSR count). The van der Waals surface area contributed by atoms with E-state index >= 15 is 0 Å². The van der Waals surface area contributed by atoms with Gasteiger partial charge in [0.25, 0.3) is 0 Å². The Hall–Kier alpha value is -3.72. The molecule has 0 spiro atoms. The second-order valence-electron chi connectivity index (χ2n) is 9.52. The summed E-state index contributed by atoms with van der Waals surface area (Å²) in [7, 11) is 1.31. The summed E-state index contributed by atoms with van der Waals surface area (Å²) in [6, 6.07) is 19.3. The van der Waals surface area contributed by atoms with Crippen LogP contribution in [0.4, 0.5) is 4.79 Å². The number of carbonyl (C=O) groups is 2. The number of benzene rings is 3. The molecule has 2 heterocycles. The van der Waals surface area contributed by atoms with Crippen LogP contribution in [-0.2, 0) is 16.0 Å². The predicted molar refractivity (Wildman–Crippen MR) is 152 cm³/mol. The summed E-state index contributed by atoms with van der Waals surface area (Å²) in [5.74, 6) is 0.571. The van der Waals surface area contributed by atoms with E-state index in [2.05, 4.69) is 9.72 Å². The third-order valence-electron chi connectivity index (χ3n) is 6.89. The molecule has 1 amide bonds. The number of esters is 1. The van der Waals surface area contributed by atoms with Crippen molar-refractivity contribution in [1.29, 1.82) is 0 Å². The number of aromatic amines is 1. The molecule has 0 aliphatic carbocycles. The maximum absolute atomic E-state index is 13.4.